The lowest BCUT2D eigenvalue weighted by molar-refractivity contribution is 0.395. The molecule has 1 heterocycles. The van der Waals surface area contributed by atoms with Crippen LogP contribution < -0.4 is 20.5 Å². The van der Waals surface area contributed by atoms with E-state index < -0.39 is 0 Å². The third-order valence-corrected chi connectivity index (χ3v) is 2.28. The number of methoxy groups -OCH3 is 2. The van der Waals surface area contributed by atoms with Gasteiger partial charge in [0.2, 0.25) is 5.95 Å². The van der Waals surface area contributed by atoms with Gasteiger partial charge in [-0.1, -0.05) is 0 Å². The van der Waals surface area contributed by atoms with E-state index in [4.69, 9.17) is 15.2 Å². The maximum atomic E-state index is 5.58. The summed E-state index contributed by atoms with van der Waals surface area (Å²) >= 11 is 0. The summed E-state index contributed by atoms with van der Waals surface area (Å²) < 4.78 is 10.3. The number of nitrogens with one attached hydrogen (secondary N) is 1. The number of hydrogen-bond donors (Lipinski definition) is 2. The Kier molecular flexibility index (Phi) is 3.47. The first kappa shape index (κ1) is 12.0. The molecule has 0 aliphatic heterocycles. The molecule has 0 atom stereocenters. The van der Waals surface area contributed by atoms with Gasteiger partial charge < -0.3 is 20.5 Å². The highest BCUT2D eigenvalue weighted by Crippen LogP contribution is 2.27. The largest absolute Gasteiger partial charge is 0.497 e. The monoisotopic (exact) mass is 246 g/mol. The molecule has 0 spiro atoms. The number of nitrogen functional groups attached to an aromatic ring is 1. The van der Waals surface area contributed by atoms with Crippen molar-refractivity contribution < 1.29 is 9.47 Å². The third kappa shape index (κ3) is 2.79. The average molecular weight is 246 g/mol. The van der Waals surface area contributed by atoms with Crippen molar-refractivity contribution in [3.05, 3.63) is 30.5 Å². The Hall–Kier alpha value is -2.50. The Morgan fingerprint density at radius 2 is 1.78 bits per heavy atom. The number of rotatable bonds is 4. The number of anilines is 3. The number of nitrogens with two attached hydrogens (primary N) is 1. The molecule has 6 heteroatoms. The molecule has 2 rings (SSSR count). The van der Waals surface area contributed by atoms with Gasteiger partial charge in [-0.15, -0.1) is 0 Å². The summed E-state index contributed by atoms with van der Waals surface area (Å²) in [6.07, 6.45) is 1.59. The van der Waals surface area contributed by atoms with Crippen LogP contribution >= 0.6 is 0 Å². The first-order chi connectivity index (χ1) is 8.71. The molecule has 0 aliphatic rings. The number of ether oxygens (including phenoxy) is 2. The maximum absolute atomic E-state index is 5.58. The van der Waals surface area contributed by atoms with E-state index in [1.165, 1.54) is 0 Å². The van der Waals surface area contributed by atoms with Gasteiger partial charge in [0, 0.05) is 30.1 Å². The summed E-state index contributed by atoms with van der Waals surface area (Å²) in [5.74, 6) is 2.19. The quantitative estimate of drug-likeness (QED) is 0.856. The third-order valence-electron chi connectivity index (χ3n) is 2.28. The molecule has 0 aliphatic carbocycles. The van der Waals surface area contributed by atoms with E-state index in [2.05, 4.69) is 15.3 Å². The highest BCUT2D eigenvalue weighted by atomic mass is 16.5. The second-order valence-corrected chi connectivity index (χ2v) is 3.53. The highest BCUT2D eigenvalue weighted by molar-refractivity contribution is 5.59. The van der Waals surface area contributed by atoms with Crippen LogP contribution in [0.3, 0.4) is 0 Å². The molecule has 0 saturated carbocycles. The second-order valence-electron chi connectivity index (χ2n) is 3.53. The van der Waals surface area contributed by atoms with Gasteiger partial charge in [0.1, 0.15) is 17.3 Å². The van der Waals surface area contributed by atoms with Crippen LogP contribution in [0.25, 0.3) is 0 Å². The van der Waals surface area contributed by atoms with E-state index in [0.29, 0.717) is 23.3 Å². The maximum Gasteiger partial charge on any atom is 0.229 e. The number of hydrogen-bond acceptors (Lipinski definition) is 6. The molecule has 0 fully saturated rings. The van der Waals surface area contributed by atoms with Gasteiger partial charge in [0.05, 0.1) is 14.2 Å². The number of aromatic nitrogens is 2. The fraction of sp³-hybridized carbons (Fsp3) is 0.167. The molecule has 2 aromatic rings. The molecular formula is C12H14N4O2. The van der Waals surface area contributed by atoms with Crippen molar-refractivity contribution in [2.24, 2.45) is 0 Å². The molecule has 0 unspecified atom stereocenters. The Morgan fingerprint density at radius 3 is 2.33 bits per heavy atom. The van der Waals surface area contributed by atoms with E-state index >= 15 is 0 Å². The van der Waals surface area contributed by atoms with Crippen LogP contribution in [0.1, 0.15) is 0 Å². The Balaban J connectivity index is 2.28. The molecule has 0 radical (unpaired) electrons. The molecule has 18 heavy (non-hydrogen) atoms. The lowest BCUT2D eigenvalue weighted by Crippen LogP contribution is -2.00. The van der Waals surface area contributed by atoms with Crippen LogP contribution in [0, 0.1) is 0 Å². The molecule has 0 amide bonds. The molecule has 94 valence electrons. The van der Waals surface area contributed by atoms with E-state index in [1.807, 2.05) is 12.1 Å². The van der Waals surface area contributed by atoms with Crippen molar-refractivity contribution in [3.8, 4) is 11.5 Å². The van der Waals surface area contributed by atoms with E-state index in [1.54, 1.807) is 32.5 Å². The lowest BCUT2D eigenvalue weighted by atomic mass is 10.3. The van der Waals surface area contributed by atoms with Gasteiger partial charge in [0.15, 0.2) is 0 Å². The molecular weight excluding hydrogens is 232 g/mol. The fourth-order valence-electron chi connectivity index (χ4n) is 1.44. The molecule has 6 nitrogen and oxygen atoms in total. The van der Waals surface area contributed by atoms with Crippen molar-refractivity contribution >= 4 is 17.5 Å². The highest BCUT2D eigenvalue weighted by Gasteiger charge is 2.03. The van der Waals surface area contributed by atoms with Crippen LogP contribution in [-0.4, -0.2) is 24.2 Å². The van der Waals surface area contributed by atoms with Crippen LogP contribution in [0.5, 0.6) is 11.5 Å². The second kappa shape index (κ2) is 5.22. The summed E-state index contributed by atoms with van der Waals surface area (Å²) in [5, 5.41) is 3.03. The van der Waals surface area contributed by atoms with Gasteiger partial charge in [-0.25, -0.2) is 4.98 Å². The summed E-state index contributed by atoms with van der Waals surface area (Å²) in [7, 11) is 3.19. The summed E-state index contributed by atoms with van der Waals surface area (Å²) in [4.78, 5) is 8.12. The standard InChI is InChI=1S/C12H14N4O2/c1-17-9-5-8(6-10(7-9)18-2)15-12-14-4-3-11(13)16-12/h3-7H,1-2H3,(H3,13,14,15,16). The van der Waals surface area contributed by atoms with Gasteiger partial charge in [-0.05, 0) is 6.07 Å². The van der Waals surface area contributed by atoms with Gasteiger partial charge >= 0.3 is 0 Å². The van der Waals surface area contributed by atoms with Crippen molar-refractivity contribution in [1.29, 1.82) is 0 Å². The average Bonchev–Trinajstić information content (AvgIpc) is 2.38. The normalized spacial score (nSPS) is 9.89. The number of nitrogens with zero attached hydrogens (tertiary/aromatic N) is 2. The lowest BCUT2D eigenvalue weighted by Gasteiger charge is -2.09. The first-order valence-electron chi connectivity index (χ1n) is 5.30. The zero-order chi connectivity index (χ0) is 13.0. The summed E-state index contributed by atoms with van der Waals surface area (Å²) in [6, 6.07) is 7.03. The van der Waals surface area contributed by atoms with Crippen LogP contribution in [0.15, 0.2) is 30.5 Å². The summed E-state index contributed by atoms with van der Waals surface area (Å²) in [5.41, 5.74) is 6.34. The van der Waals surface area contributed by atoms with Crippen molar-refractivity contribution in [2.75, 3.05) is 25.3 Å². The summed E-state index contributed by atoms with van der Waals surface area (Å²) in [6.45, 7) is 0. The Labute approximate surface area is 105 Å². The molecule has 1 aromatic heterocycles. The topological polar surface area (TPSA) is 82.3 Å². The van der Waals surface area contributed by atoms with Crippen LogP contribution in [0.4, 0.5) is 17.5 Å². The van der Waals surface area contributed by atoms with Crippen molar-refractivity contribution in [1.82, 2.24) is 9.97 Å². The van der Waals surface area contributed by atoms with Gasteiger partial charge in [0.25, 0.3) is 0 Å². The number of benzene rings is 1. The molecule has 1 aromatic carbocycles. The zero-order valence-electron chi connectivity index (χ0n) is 10.2. The minimum absolute atomic E-state index is 0.405. The van der Waals surface area contributed by atoms with E-state index in [-0.39, 0.29) is 0 Å². The van der Waals surface area contributed by atoms with E-state index in [0.717, 1.165) is 5.69 Å². The predicted octanol–water partition coefficient (Wildman–Crippen LogP) is 1.82. The molecule has 0 saturated heterocycles. The zero-order valence-corrected chi connectivity index (χ0v) is 10.2. The SMILES string of the molecule is COc1cc(Nc2nccc(N)n2)cc(OC)c1. The Morgan fingerprint density at radius 1 is 1.11 bits per heavy atom. The molecule has 0 bridgehead atoms. The smallest absolute Gasteiger partial charge is 0.229 e. The van der Waals surface area contributed by atoms with E-state index in [9.17, 15) is 0 Å². The molecule has 3 N–H and O–H groups in total. The predicted molar refractivity (Wildman–Crippen MR) is 69.3 cm³/mol. The first-order valence-corrected chi connectivity index (χ1v) is 5.30. The minimum Gasteiger partial charge on any atom is -0.497 e. The van der Waals surface area contributed by atoms with Gasteiger partial charge in [-0.2, -0.15) is 4.98 Å². The van der Waals surface area contributed by atoms with Crippen molar-refractivity contribution in [2.45, 2.75) is 0 Å². The van der Waals surface area contributed by atoms with Crippen LogP contribution in [0.2, 0.25) is 0 Å². The van der Waals surface area contributed by atoms with Crippen molar-refractivity contribution in [3.63, 3.8) is 0 Å². The van der Waals surface area contributed by atoms with Crippen LogP contribution in [-0.2, 0) is 0 Å². The minimum atomic E-state index is 0.405. The van der Waals surface area contributed by atoms with Gasteiger partial charge in [-0.3, -0.25) is 0 Å². The Bertz CT molecular complexity index is 523. The fourth-order valence-corrected chi connectivity index (χ4v) is 1.44.